The van der Waals surface area contributed by atoms with Crippen LogP contribution in [0.5, 0.6) is 0 Å². The first kappa shape index (κ1) is 13.6. The van der Waals surface area contributed by atoms with Gasteiger partial charge in [0, 0.05) is 6.42 Å². The van der Waals surface area contributed by atoms with E-state index >= 15 is 0 Å². The van der Waals surface area contributed by atoms with Gasteiger partial charge in [-0.2, -0.15) is 0 Å². The van der Waals surface area contributed by atoms with Gasteiger partial charge in [-0.1, -0.05) is 38.5 Å². The summed E-state index contributed by atoms with van der Waals surface area (Å²) in [5.41, 5.74) is 0. The molecule has 0 amide bonds. The van der Waals surface area contributed by atoms with Gasteiger partial charge in [0.1, 0.15) is 0 Å². The van der Waals surface area contributed by atoms with Crippen molar-refractivity contribution in [2.75, 3.05) is 0 Å². The molecule has 0 aromatic carbocycles. The molecular formula is C12H23BO3. The van der Waals surface area contributed by atoms with Crippen LogP contribution in [0.3, 0.4) is 0 Å². The molecule has 0 unspecified atom stereocenters. The summed E-state index contributed by atoms with van der Waals surface area (Å²) >= 11 is 0. The van der Waals surface area contributed by atoms with E-state index in [0.29, 0.717) is 0 Å². The Morgan fingerprint density at radius 3 is 2.06 bits per heavy atom. The van der Waals surface area contributed by atoms with Crippen molar-refractivity contribution in [3.63, 3.8) is 0 Å². The number of hydrogen-bond acceptors (Lipinski definition) is 3. The van der Waals surface area contributed by atoms with Gasteiger partial charge in [0.25, 0.3) is 0 Å². The summed E-state index contributed by atoms with van der Waals surface area (Å²) < 4.78 is 4.97. The first-order chi connectivity index (χ1) is 7.79. The molecule has 0 spiro atoms. The summed E-state index contributed by atoms with van der Waals surface area (Å²) in [5.74, 6) is 0.746. The lowest BCUT2D eigenvalue weighted by molar-refractivity contribution is 0.228. The SMILES string of the molecule is OB(O)OC1=CCCCCCCCCCC1. The molecule has 1 rings (SSSR count). The molecule has 0 fully saturated rings. The van der Waals surface area contributed by atoms with Crippen LogP contribution in [0.1, 0.15) is 64.2 Å². The molecule has 3 nitrogen and oxygen atoms in total. The van der Waals surface area contributed by atoms with E-state index in [0.717, 1.165) is 25.0 Å². The summed E-state index contributed by atoms with van der Waals surface area (Å²) in [7, 11) is -1.67. The Hall–Kier alpha value is -0.475. The lowest BCUT2D eigenvalue weighted by Crippen LogP contribution is -2.16. The average molecular weight is 226 g/mol. The normalized spacial score (nSPS) is 20.2. The van der Waals surface area contributed by atoms with Crippen molar-refractivity contribution in [1.29, 1.82) is 0 Å². The van der Waals surface area contributed by atoms with Gasteiger partial charge < -0.3 is 14.7 Å². The first-order valence-corrected chi connectivity index (χ1v) is 6.51. The van der Waals surface area contributed by atoms with E-state index in [1.807, 2.05) is 6.08 Å². The lowest BCUT2D eigenvalue weighted by atomic mass is 10.0. The fourth-order valence-electron chi connectivity index (χ4n) is 2.11. The molecule has 0 aromatic heterocycles. The zero-order valence-electron chi connectivity index (χ0n) is 10.0. The highest BCUT2D eigenvalue weighted by Gasteiger charge is 2.12. The summed E-state index contributed by atoms with van der Waals surface area (Å²) in [6.45, 7) is 0. The molecule has 0 saturated heterocycles. The Morgan fingerprint density at radius 1 is 0.875 bits per heavy atom. The fraction of sp³-hybridized carbons (Fsp3) is 0.833. The van der Waals surface area contributed by atoms with E-state index in [9.17, 15) is 0 Å². The van der Waals surface area contributed by atoms with E-state index in [1.165, 1.54) is 44.9 Å². The minimum absolute atomic E-state index is 0.746. The van der Waals surface area contributed by atoms with Crippen molar-refractivity contribution in [3.05, 3.63) is 11.8 Å². The van der Waals surface area contributed by atoms with Crippen LogP contribution in [0.15, 0.2) is 11.8 Å². The van der Waals surface area contributed by atoms with Gasteiger partial charge in [-0.15, -0.1) is 0 Å². The monoisotopic (exact) mass is 226 g/mol. The van der Waals surface area contributed by atoms with E-state index in [1.54, 1.807) is 0 Å². The highest BCUT2D eigenvalue weighted by molar-refractivity contribution is 6.33. The van der Waals surface area contributed by atoms with Crippen LogP contribution in [-0.4, -0.2) is 17.4 Å². The second-order valence-electron chi connectivity index (χ2n) is 4.48. The van der Waals surface area contributed by atoms with Crippen LogP contribution in [0.2, 0.25) is 0 Å². The Bertz CT molecular complexity index is 204. The molecule has 0 aromatic rings. The second kappa shape index (κ2) is 8.65. The van der Waals surface area contributed by atoms with Gasteiger partial charge in [0.05, 0.1) is 5.76 Å². The minimum Gasteiger partial charge on any atom is -0.516 e. The molecular weight excluding hydrogens is 203 g/mol. The van der Waals surface area contributed by atoms with Crippen LogP contribution >= 0.6 is 0 Å². The van der Waals surface area contributed by atoms with Crippen molar-refractivity contribution >= 4 is 7.32 Å². The minimum atomic E-state index is -1.67. The fourth-order valence-corrected chi connectivity index (χ4v) is 2.11. The predicted octanol–water partition coefficient (Wildman–Crippen LogP) is 2.77. The van der Waals surface area contributed by atoms with Crippen LogP contribution in [0, 0.1) is 0 Å². The third kappa shape index (κ3) is 6.91. The van der Waals surface area contributed by atoms with E-state index in [-0.39, 0.29) is 0 Å². The molecule has 16 heavy (non-hydrogen) atoms. The molecule has 1 aliphatic rings. The van der Waals surface area contributed by atoms with Gasteiger partial charge in [-0.25, -0.2) is 0 Å². The lowest BCUT2D eigenvalue weighted by Gasteiger charge is -2.11. The van der Waals surface area contributed by atoms with Crippen LogP contribution < -0.4 is 0 Å². The first-order valence-electron chi connectivity index (χ1n) is 6.51. The van der Waals surface area contributed by atoms with Crippen LogP contribution in [-0.2, 0) is 4.65 Å². The van der Waals surface area contributed by atoms with E-state index in [4.69, 9.17) is 14.7 Å². The Kier molecular flexibility index (Phi) is 7.35. The molecule has 0 radical (unpaired) electrons. The van der Waals surface area contributed by atoms with Crippen molar-refractivity contribution in [1.82, 2.24) is 0 Å². The van der Waals surface area contributed by atoms with Gasteiger partial charge in [0.15, 0.2) is 0 Å². The molecule has 0 bridgehead atoms. The third-order valence-electron chi connectivity index (χ3n) is 3.01. The Labute approximate surface area is 98.7 Å². The van der Waals surface area contributed by atoms with Crippen LogP contribution in [0.25, 0.3) is 0 Å². The van der Waals surface area contributed by atoms with Crippen molar-refractivity contribution in [2.45, 2.75) is 64.2 Å². The molecule has 4 heteroatoms. The molecule has 92 valence electrons. The molecule has 0 aliphatic heterocycles. The maximum Gasteiger partial charge on any atom is 0.707 e. The zero-order valence-corrected chi connectivity index (χ0v) is 10.0. The van der Waals surface area contributed by atoms with Gasteiger partial charge in [-0.05, 0) is 25.3 Å². The zero-order chi connectivity index (χ0) is 11.6. The Balaban J connectivity index is 2.37. The smallest absolute Gasteiger partial charge is 0.516 e. The van der Waals surface area contributed by atoms with E-state index < -0.39 is 7.32 Å². The van der Waals surface area contributed by atoms with Crippen LogP contribution in [0.4, 0.5) is 0 Å². The summed E-state index contributed by atoms with van der Waals surface area (Å²) in [5, 5.41) is 17.6. The van der Waals surface area contributed by atoms with Gasteiger partial charge in [-0.3, -0.25) is 0 Å². The highest BCUT2D eigenvalue weighted by Crippen LogP contribution is 2.17. The number of hydrogen-bond donors (Lipinski definition) is 2. The predicted molar refractivity (Wildman–Crippen MR) is 65.5 cm³/mol. The van der Waals surface area contributed by atoms with Crippen molar-refractivity contribution in [3.8, 4) is 0 Å². The molecule has 0 saturated carbocycles. The number of allylic oxidation sites excluding steroid dienone is 2. The summed E-state index contributed by atoms with van der Waals surface area (Å²) in [4.78, 5) is 0. The molecule has 2 N–H and O–H groups in total. The van der Waals surface area contributed by atoms with Gasteiger partial charge in [0.2, 0.25) is 0 Å². The summed E-state index contributed by atoms with van der Waals surface area (Å²) in [6, 6.07) is 0. The molecule has 1 aliphatic carbocycles. The third-order valence-corrected chi connectivity index (χ3v) is 3.01. The highest BCUT2D eigenvalue weighted by atomic mass is 16.6. The summed E-state index contributed by atoms with van der Waals surface area (Å²) in [6.07, 6.45) is 13.9. The maximum absolute atomic E-state index is 8.79. The standard InChI is InChI=1S/C12H23BO3/c14-13(15)16-12-10-8-6-4-2-1-3-5-7-9-11-12/h10,14-15H,1-9,11H2. The molecule has 0 heterocycles. The largest absolute Gasteiger partial charge is 0.707 e. The van der Waals surface area contributed by atoms with Gasteiger partial charge >= 0.3 is 7.32 Å². The topological polar surface area (TPSA) is 49.7 Å². The van der Waals surface area contributed by atoms with Crippen molar-refractivity contribution < 1.29 is 14.7 Å². The molecule has 0 atom stereocenters. The maximum atomic E-state index is 8.79. The van der Waals surface area contributed by atoms with Crippen molar-refractivity contribution in [2.24, 2.45) is 0 Å². The second-order valence-corrected chi connectivity index (χ2v) is 4.48. The Morgan fingerprint density at radius 2 is 1.44 bits per heavy atom. The number of rotatable bonds is 2. The average Bonchev–Trinajstić information content (AvgIpc) is 2.21. The van der Waals surface area contributed by atoms with E-state index in [2.05, 4.69) is 0 Å². The quantitative estimate of drug-likeness (QED) is 0.711.